The number of nitrogens with one attached hydrogen (secondary N) is 1. The van der Waals surface area contributed by atoms with E-state index in [2.05, 4.69) is 40.8 Å². The Morgan fingerprint density at radius 3 is 2.70 bits per heavy atom. The second-order valence-electron chi connectivity index (χ2n) is 6.79. The summed E-state index contributed by atoms with van der Waals surface area (Å²) in [7, 11) is 0. The fraction of sp³-hybridized carbons (Fsp3) is 0.550. The van der Waals surface area contributed by atoms with Crippen molar-refractivity contribution in [1.29, 1.82) is 0 Å². The largest absolute Gasteiger partial charge is 0.361 e. The molecule has 1 fully saturated rings. The molecule has 0 amide bonds. The van der Waals surface area contributed by atoms with Crippen LogP contribution in [0.2, 0.25) is 0 Å². The molecule has 2 aromatic rings. The van der Waals surface area contributed by atoms with Gasteiger partial charge in [0.05, 0.1) is 6.57 Å². The highest BCUT2D eigenvalue weighted by Gasteiger charge is 2.30. The highest BCUT2D eigenvalue weighted by molar-refractivity contribution is 5.87. The molecule has 2 atom stereocenters. The van der Waals surface area contributed by atoms with Crippen molar-refractivity contribution in [1.82, 2.24) is 9.88 Å². The Morgan fingerprint density at radius 1 is 1.22 bits per heavy atom. The molecule has 122 valence electrons. The Hall–Kier alpha value is -1.79. The van der Waals surface area contributed by atoms with E-state index in [-0.39, 0.29) is 0 Å². The average molecular weight is 309 g/mol. The van der Waals surface area contributed by atoms with Gasteiger partial charge < -0.3 is 9.88 Å². The number of hydrogen-bond acceptors (Lipinski definition) is 1. The zero-order chi connectivity index (χ0) is 16.2. The van der Waals surface area contributed by atoms with Gasteiger partial charge in [-0.25, -0.2) is 4.85 Å². The van der Waals surface area contributed by atoms with Gasteiger partial charge in [0.2, 0.25) is 0 Å². The zero-order valence-corrected chi connectivity index (χ0v) is 14.3. The summed E-state index contributed by atoms with van der Waals surface area (Å²) in [5, 5.41) is 1.25. The first-order valence-electron chi connectivity index (χ1n) is 8.99. The molecule has 1 N–H and O–H groups in total. The average Bonchev–Trinajstić information content (AvgIpc) is 3.20. The fourth-order valence-corrected chi connectivity index (χ4v) is 4.16. The lowest BCUT2D eigenvalue weighted by Crippen LogP contribution is -2.34. The van der Waals surface area contributed by atoms with Crippen LogP contribution >= 0.6 is 0 Å². The summed E-state index contributed by atoms with van der Waals surface area (Å²) in [5.41, 5.74) is 3.32. The maximum atomic E-state index is 7.24. The second-order valence-corrected chi connectivity index (χ2v) is 6.79. The topological polar surface area (TPSA) is 23.4 Å². The van der Waals surface area contributed by atoms with Crippen LogP contribution in [0.5, 0.6) is 0 Å². The molecular weight excluding hydrogens is 282 g/mol. The highest BCUT2D eigenvalue weighted by atomic mass is 15.2. The van der Waals surface area contributed by atoms with Crippen molar-refractivity contribution < 1.29 is 0 Å². The SMILES string of the molecule is [C-]#[N+]c1ccc2[nH]cc(C3CCC(N(CCC)CCC)C3)c2c1. The molecule has 3 nitrogen and oxygen atoms in total. The van der Waals surface area contributed by atoms with E-state index in [1.165, 1.54) is 56.1 Å². The minimum atomic E-state index is 0.631. The molecule has 1 aromatic heterocycles. The van der Waals surface area contributed by atoms with Crippen LogP contribution < -0.4 is 0 Å². The van der Waals surface area contributed by atoms with Crippen molar-refractivity contribution in [3.63, 3.8) is 0 Å². The van der Waals surface area contributed by atoms with E-state index in [0.29, 0.717) is 5.92 Å². The van der Waals surface area contributed by atoms with Gasteiger partial charge in [0.25, 0.3) is 0 Å². The Labute approximate surface area is 139 Å². The third kappa shape index (κ3) is 3.28. The second kappa shape index (κ2) is 7.19. The van der Waals surface area contributed by atoms with E-state index >= 15 is 0 Å². The number of fused-ring (bicyclic) bond motifs is 1. The maximum Gasteiger partial charge on any atom is 0.187 e. The third-order valence-corrected chi connectivity index (χ3v) is 5.21. The van der Waals surface area contributed by atoms with E-state index in [4.69, 9.17) is 6.57 Å². The molecule has 1 saturated carbocycles. The van der Waals surface area contributed by atoms with Crippen molar-refractivity contribution in [2.24, 2.45) is 0 Å². The van der Waals surface area contributed by atoms with Crippen molar-refractivity contribution >= 4 is 16.6 Å². The summed E-state index contributed by atoms with van der Waals surface area (Å²) in [6.45, 7) is 14.2. The van der Waals surface area contributed by atoms with Gasteiger partial charge in [-0.1, -0.05) is 19.9 Å². The first-order chi connectivity index (χ1) is 11.3. The van der Waals surface area contributed by atoms with Crippen molar-refractivity contribution in [2.75, 3.05) is 13.1 Å². The number of H-pyrrole nitrogens is 1. The molecule has 2 unspecified atom stereocenters. The minimum absolute atomic E-state index is 0.631. The zero-order valence-electron chi connectivity index (χ0n) is 14.3. The standard InChI is InChI=1S/C20H27N3/c1-4-10-23(11-5-2)17-8-6-15(12-17)19-14-22-20-9-7-16(21-3)13-18(19)20/h7,9,13-15,17,22H,4-6,8,10-12H2,1-2H3. The van der Waals surface area contributed by atoms with Crippen molar-refractivity contribution in [3.8, 4) is 0 Å². The Bertz CT molecular complexity index is 688. The Morgan fingerprint density at radius 2 is 2.00 bits per heavy atom. The first-order valence-corrected chi connectivity index (χ1v) is 8.99. The summed E-state index contributed by atoms with van der Waals surface area (Å²) in [6, 6.07) is 6.72. The summed E-state index contributed by atoms with van der Waals surface area (Å²) < 4.78 is 0. The maximum absolute atomic E-state index is 7.24. The summed E-state index contributed by atoms with van der Waals surface area (Å²) in [6.07, 6.45) is 8.49. The Balaban J connectivity index is 1.80. The molecule has 1 aromatic carbocycles. The molecule has 23 heavy (non-hydrogen) atoms. The smallest absolute Gasteiger partial charge is 0.187 e. The Kier molecular flexibility index (Phi) is 5.03. The van der Waals surface area contributed by atoms with Gasteiger partial charge in [-0.3, -0.25) is 0 Å². The number of rotatable bonds is 6. The minimum Gasteiger partial charge on any atom is -0.361 e. The monoisotopic (exact) mass is 309 g/mol. The van der Waals surface area contributed by atoms with E-state index in [9.17, 15) is 0 Å². The number of aromatic nitrogens is 1. The molecule has 3 heteroatoms. The molecule has 0 bridgehead atoms. The molecule has 3 rings (SSSR count). The van der Waals surface area contributed by atoms with Crippen LogP contribution in [0, 0.1) is 6.57 Å². The molecule has 0 radical (unpaired) electrons. The van der Waals surface area contributed by atoms with E-state index < -0.39 is 0 Å². The predicted octanol–water partition coefficient (Wildman–Crippen LogP) is 5.48. The quantitative estimate of drug-likeness (QED) is 0.702. The summed E-state index contributed by atoms with van der Waals surface area (Å²) >= 11 is 0. The molecule has 1 aliphatic rings. The van der Waals surface area contributed by atoms with Gasteiger partial charge in [0.15, 0.2) is 5.69 Å². The van der Waals surface area contributed by atoms with Gasteiger partial charge >= 0.3 is 0 Å². The highest BCUT2D eigenvalue weighted by Crippen LogP contribution is 2.40. The molecule has 0 saturated heterocycles. The molecule has 0 spiro atoms. The van der Waals surface area contributed by atoms with Crippen LogP contribution in [0.1, 0.15) is 57.4 Å². The number of benzene rings is 1. The number of nitrogens with zero attached hydrogens (tertiary/aromatic N) is 2. The predicted molar refractivity (Wildman–Crippen MR) is 97.1 cm³/mol. The summed E-state index contributed by atoms with van der Waals surface area (Å²) in [4.78, 5) is 9.68. The van der Waals surface area contributed by atoms with Crippen LogP contribution in [-0.2, 0) is 0 Å². The number of aromatic amines is 1. The van der Waals surface area contributed by atoms with Gasteiger partial charge in [-0.05, 0) is 74.2 Å². The lowest BCUT2D eigenvalue weighted by molar-refractivity contribution is 0.197. The van der Waals surface area contributed by atoms with Crippen LogP contribution in [0.4, 0.5) is 5.69 Å². The molecule has 1 heterocycles. The van der Waals surface area contributed by atoms with Crippen LogP contribution in [-0.4, -0.2) is 29.0 Å². The molecule has 0 aliphatic heterocycles. The van der Waals surface area contributed by atoms with E-state index in [1.54, 1.807) is 0 Å². The van der Waals surface area contributed by atoms with E-state index in [1.807, 2.05) is 12.1 Å². The van der Waals surface area contributed by atoms with Crippen molar-refractivity contribution in [2.45, 2.75) is 57.9 Å². The lowest BCUT2D eigenvalue weighted by atomic mass is 9.96. The molecular formula is C20H27N3. The van der Waals surface area contributed by atoms with Gasteiger partial charge in [-0.2, -0.15) is 0 Å². The van der Waals surface area contributed by atoms with Crippen molar-refractivity contribution in [3.05, 3.63) is 41.4 Å². The van der Waals surface area contributed by atoms with Crippen LogP contribution in [0.15, 0.2) is 24.4 Å². The van der Waals surface area contributed by atoms with Gasteiger partial charge in [0.1, 0.15) is 0 Å². The van der Waals surface area contributed by atoms with Gasteiger partial charge in [0, 0.05) is 17.8 Å². The first kappa shape index (κ1) is 16.1. The normalized spacial score (nSPS) is 21.1. The molecule has 1 aliphatic carbocycles. The van der Waals surface area contributed by atoms with Crippen LogP contribution in [0.3, 0.4) is 0 Å². The fourth-order valence-electron chi connectivity index (χ4n) is 4.16. The lowest BCUT2D eigenvalue weighted by Gasteiger charge is -2.28. The third-order valence-electron chi connectivity index (χ3n) is 5.21. The summed E-state index contributed by atoms with van der Waals surface area (Å²) in [5.74, 6) is 0.631. The number of hydrogen-bond donors (Lipinski definition) is 1. The van der Waals surface area contributed by atoms with Crippen LogP contribution in [0.25, 0.3) is 15.7 Å². The van der Waals surface area contributed by atoms with Gasteiger partial charge in [-0.15, -0.1) is 0 Å². The van der Waals surface area contributed by atoms with E-state index in [0.717, 1.165) is 17.2 Å².